The summed E-state index contributed by atoms with van der Waals surface area (Å²) in [6.07, 6.45) is 0.300. The number of carbonyl (C=O) groups is 1. The van der Waals surface area contributed by atoms with Gasteiger partial charge in [0.2, 0.25) is 0 Å². The molecule has 0 aromatic heterocycles. The van der Waals surface area contributed by atoms with E-state index in [0.717, 1.165) is 0 Å². The highest BCUT2D eigenvalue weighted by Crippen LogP contribution is 2.39. The standard InChI is InChI=1S/C12H18O5/c1-5-7-8(17-12(3,4)16-7)9-10(15-9)11(13)14-6-2/h5,7-10H,1,6H2,2-4H3/t7-,8-,9?,10?/m1/s1. The van der Waals surface area contributed by atoms with Crippen molar-refractivity contribution in [3.05, 3.63) is 12.7 Å². The van der Waals surface area contributed by atoms with Gasteiger partial charge in [0.1, 0.15) is 18.3 Å². The molecule has 2 fully saturated rings. The Morgan fingerprint density at radius 2 is 2.12 bits per heavy atom. The second-order valence-electron chi connectivity index (χ2n) is 4.57. The van der Waals surface area contributed by atoms with Gasteiger partial charge < -0.3 is 18.9 Å². The Labute approximate surface area is 101 Å². The van der Waals surface area contributed by atoms with Crippen molar-refractivity contribution in [2.24, 2.45) is 0 Å². The van der Waals surface area contributed by atoms with Crippen LogP contribution in [0.25, 0.3) is 0 Å². The van der Waals surface area contributed by atoms with Crippen LogP contribution in [0.2, 0.25) is 0 Å². The molecule has 96 valence electrons. The monoisotopic (exact) mass is 242 g/mol. The average molecular weight is 242 g/mol. The molecule has 0 spiro atoms. The van der Waals surface area contributed by atoms with Gasteiger partial charge in [-0.05, 0) is 20.8 Å². The van der Waals surface area contributed by atoms with Crippen molar-refractivity contribution in [1.29, 1.82) is 0 Å². The molecule has 2 heterocycles. The minimum absolute atomic E-state index is 0.255. The molecule has 4 atom stereocenters. The number of esters is 1. The third-order valence-electron chi connectivity index (χ3n) is 2.76. The SMILES string of the molecule is C=C[C@H]1OC(C)(C)O[C@H]1C1OC1C(=O)OCC. The minimum atomic E-state index is -0.672. The molecule has 0 aromatic rings. The Hall–Kier alpha value is -0.910. The molecule has 2 unspecified atom stereocenters. The van der Waals surface area contributed by atoms with Gasteiger partial charge in [-0.3, -0.25) is 0 Å². The van der Waals surface area contributed by atoms with Gasteiger partial charge in [-0.15, -0.1) is 6.58 Å². The third-order valence-corrected chi connectivity index (χ3v) is 2.76. The number of rotatable bonds is 4. The van der Waals surface area contributed by atoms with Crippen molar-refractivity contribution < 1.29 is 23.7 Å². The zero-order chi connectivity index (χ0) is 12.6. The van der Waals surface area contributed by atoms with Crippen LogP contribution in [0.15, 0.2) is 12.7 Å². The Balaban J connectivity index is 1.96. The second kappa shape index (κ2) is 4.40. The number of hydrogen-bond acceptors (Lipinski definition) is 5. The Morgan fingerprint density at radius 1 is 1.41 bits per heavy atom. The van der Waals surface area contributed by atoms with E-state index in [9.17, 15) is 4.79 Å². The highest BCUT2D eigenvalue weighted by molar-refractivity contribution is 5.78. The summed E-state index contributed by atoms with van der Waals surface area (Å²) in [5, 5.41) is 0. The maximum atomic E-state index is 11.5. The summed E-state index contributed by atoms with van der Waals surface area (Å²) in [6, 6.07) is 0. The predicted molar refractivity (Wildman–Crippen MR) is 59.3 cm³/mol. The van der Waals surface area contributed by atoms with Crippen LogP contribution in [0.3, 0.4) is 0 Å². The van der Waals surface area contributed by atoms with Gasteiger partial charge in [0.15, 0.2) is 11.9 Å². The lowest BCUT2D eigenvalue weighted by Crippen LogP contribution is -2.30. The maximum absolute atomic E-state index is 11.5. The highest BCUT2D eigenvalue weighted by atomic mass is 16.8. The molecular weight excluding hydrogens is 224 g/mol. The summed E-state index contributed by atoms with van der Waals surface area (Å²) >= 11 is 0. The average Bonchev–Trinajstić information content (AvgIpc) is 2.98. The molecule has 0 saturated carbocycles. The van der Waals surface area contributed by atoms with Crippen LogP contribution in [0.4, 0.5) is 0 Å². The van der Waals surface area contributed by atoms with E-state index < -0.39 is 11.9 Å². The van der Waals surface area contributed by atoms with E-state index in [1.807, 2.05) is 13.8 Å². The number of hydrogen-bond donors (Lipinski definition) is 0. The molecule has 2 rings (SSSR count). The molecule has 0 N–H and O–H groups in total. The maximum Gasteiger partial charge on any atom is 0.338 e. The zero-order valence-electron chi connectivity index (χ0n) is 10.3. The molecule has 0 amide bonds. The van der Waals surface area contributed by atoms with E-state index in [1.165, 1.54) is 0 Å². The zero-order valence-corrected chi connectivity index (χ0v) is 10.3. The van der Waals surface area contributed by atoms with Gasteiger partial charge in [0.25, 0.3) is 0 Å². The lowest BCUT2D eigenvalue weighted by Gasteiger charge is -2.16. The van der Waals surface area contributed by atoms with Crippen LogP contribution in [0.5, 0.6) is 0 Å². The number of carbonyl (C=O) groups excluding carboxylic acids is 1. The Morgan fingerprint density at radius 3 is 2.71 bits per heavy atom. The predicted octanol–water partition coefficient (Wildman–Crippen LogP) is 1.02. The Bertz CT molecular complexity index is 325. The van der Waals surface area contributed by atoms with Crippen molar-refractivity contribution in [3.63, 3.8) is 0 Å². The van der Waals surface area contributed by atoms with Crippen LogP contribution in [-0.2, 0) is 23.7 Å². The fourth-order valence-corrected chi connectivity index (χ4v) is 2.04. The second-order valence-corrected chi connectivity index (χ2v) is 4.57. The summed E-state index contributed by atoms with van der Waals surface area (Å²) in [5.74, 6) is -1.01. The molecule has 2 aliphatic rings. The first-order valence-corrected chi connectivity index (χ1v) is 5.79. The molecule has 2 saturated heterocycles. The summed E-state index contributed by atoms with van der Waals surface area (Å²) in [5.41, 5.74) is 0. The molecule has 17 heavy (non-hydrogen) atoms. The van der Waals surface area contributed by atoms with Crippen LogP contribution in [0.1, 0.15) is 20.8 Å². The van der Waals surface area contributed by atoms with E-state index >= 15 is 0 Å². The van der Waals surface area contributed by atoms with Crippen LogP contribution in [0, 0.1) is 0 Å². The molecule has 5 heteroatoms. The minimum Gasteiger partial charge on any atom is -0.464 e. The molecule has 0 bridgehead atoms. The number of ether oxygens (including phenoxy) is 4. The molecular formula is C12H18O5. The number of epoxide rings is 1. The van der Waals surface area contributed by atoms with Crippen molar-refractivity contribution in [1.82, 2.24) is 0 Å². The largest absolute Gasteiger partial charge is 0.464 e. The fourth-order valence-electron chi connectivity index (χ4n) is 2.04. The van der Waals surface area contributed by atoms with Crippen LogP contribution < -0.4 is 0 Å². The van der Waals surface area contributed by atoms with Gasteiger partial charge >= 0.3 is 5.97 Å². The fraction of sp³-hybridized carbons (Fsp3) is 0.750. The van der Waals surface area contributed by atoms with Crippen LogP contribution in [-0.4, -0.2) is 42.8 Å². The van der Waals surface area contributed by atoms with E-state index in [0.29, 0.717) is 6.61 Å². The summed E-state index contributed by atoms with van der Waals surface area (Å²) < 4.78 is 21.5. The smallest absolute Gasteiger partial charge is 0.338 e. The molecule has 2 aliphatic heterocycles. The first-order valence-electron chi connectivity index (χ1n) is 5.79. The summed E-state index contributed by atoms with van der Waals surface area (Å²) in [4.78, 5) is 11.5. The third kappa shape index (κ3) is 2.51. The molecule has 0 aliphatic carbocycles. The van der Waals surface area contributed by atoms with Gasteiger partial charge in [-0.25, -0.2) is 4.79 Å². The first kappa shape index (κ1) is 12.5. The van der Waals surface area contributed by atoms with E-state index in [4.69, 9.17) is 18.9 Å². The van der Waals surface area contributed by atoms with E-state index in [1.54, 1.807) is 13.0 Å². The highest BCUT2D eigenvalue weighted by Gasteiger charge is 2.58. The van der Waals surface area contributed by atoms with Crippen molar-refractivity contribution in [2.45, 2.75) is 51.0 Å². The van der Waals surface area contributed by atoms with Crippen molar-refractivity contribution >= 4 is 5.97 Å². The van der Waals surface area contributed by atoms with Gasteiger partial charge in [0.05, 0.1) is 6.61 Å². The molecule has 0 aromatic carbocycles. The van der Waals surface area contributed by atoms with E-state index in [2.05, 4.69) is 6.58 Å². The lowest BCUT2D eigenvalue weighted by molar-refractivity contribution is -0.146. The summed E-state index contributed by atoms with van der Waals surface area (Å²) in [6.45, 7) is 9.46. The van der Waals surface area contributed by atoms with E-state index in [-0.39, 0.29) is 24.3 Å². The van der Waals surface area contributed by atoms with Gasteiger partial charge in [0, 0.05) is 0 Å². The quantitative estimate of drug-likeness (QED) is 0.418. The van der Waals surface area contributed by atoms with Crippen LogP contribution >= 0.6 is 0 Å². The van der Waals surface area contributed by atoms with Gasteiger partial charge in [-0.1, -0.05) is 6.08 Å². The van der Waals surface area contributed by atoms with Gasteiger partial charge in [-0.2, -0.15) is 0 Å². The molecule has 0 radical (unpaired) electrons. The topological polar surface area (TPSA) is 57.3 Å². The Kier molecular flexibility index (Phi) is 3.25. The van der Waals surface area contributed by atoms with Crippen molar-refractivity contribution in [3.8, 4) is 0 Å². The van der Waals surface area contributed by atoms with Crippen molar-refractivity contribution in [2.75, 3.05) is 6.61 Å². The lowest BCUT2D eigenvalue weighted by atomic mass is 10.1. The first-order chi connectivity index (χ1) is 7.98. The normalized spacial score (nSPS) is 38.8. The molecule has 5 nitrogen and oxygen atoms in total. The summed E-state index contributed by atoms with van der Waals surface area (Å²) in [7, 11) is 0.